The molecule has 0 radical (unpaired) electrons. The van der Waals surface area contributed by atoms with Gasteiger partial charge in [-0.1, -0.05) is 6.92 Å². The van der Waals surface area contributed by atoms with Gasteiger partial charge in [-0.25, -0.2) is 15.0 Å². The summed E-state index contributed by atoms with van der Waals surface area (Å²) in [5.41, 5.74) is 1.13. The number of hydrogen-bond acceptors (Lipinski definition) is 5. The van der Waals surface area contributed by atoms with Crippen molar-refractivity contribution >= 4 is 5.96 Å². The molecule has 4 rings (SSSR count). The van der Waals surface area contributed by atoms with Crippen molar-refractivity contribution < 1.29 is 4.74 Å². The zero-order valence-electron chi connectivity index (χ0n) is 18.8. The van der Waals surface area contributed by atoms with E-state index in [2.05, 4.69) is 44.2 Å². The van der Waals surface area contributed by atoms with Crippen molar-refractivity contribution in [1.29, 1.82) is 0 Å². The molecule has 2 N–H and O–H groups in total. The van der Waals surface area contributed by atoms with Gasteiger partial charge in [0.2, 0.25) is 5.88 Å². The van der Waals surface area contributed by atoms with Gasteiger partial charge in [0.25, 0.3) is 0 Å². The van der Waals surface area contributed by atoms with E-state index >= 15 is 0 Å². The van der Waals surface area contributed by atoms with Crippen LogP contribution in [0.4, 0.5) is 0 Å². The highest BCUT2D eigenvalue weighted by molar-refractivity contribution is 5.80. The van der Waals surface area contributed by atoms with Gasteiger partial charge < -0.3 is 15.0 Å². The third-order valence-electron chi connectivity index (χ3n) is 6.41. The van der Waals surface area contributed by atoms with Crippen LogP contribution < -0.4 is 10.1 Å². The number of aromatic nitrogens is 4. The summed E-state index contributed by atoms with van der Waals surface area (Å²) >= 11 is 0. The average Bonchev–Trinajstić information content (AvgIpc) is 3.34. The van der Waals surface area contributed by atoms with Crippen molar-refractivity contribution in [3.8, 4) is 5.88 Å². The van der Waals surface area contributed by atoms with Crippen molar-refractivity contribution in [1.82, 2.24) is 30.4 Å². The van der Waals surface area contributed by atoms with Gasteiger partial charge in [-0.2, -0.15) is 5.10 Å². The second kappa shape index (κ2) is 10.6. The number of aromatic amines is 1. The van der Waals surface area contributed by atoms with E-state index in [1.54, 1.807) is 6.33 Å². The molecular formula is C23H35N7O. The molecule has 2 aromatic heterocycles. The van der Waals surface area contributed by atoms with Gasteiger partial charge in [-0.05, 0) is 63.0 Å². The van der Waals surface area contributed by atoms with Crippen LogP contribution in [0.25, 0.3) is 0 Å². The van der Waals surface area contributed by atoms with Gasteiger partial charge in [-0.15, -0.1) is 0 Å². The summed E-state index contributed by atoms with van der Waals surface area (Å²) in [5.74, 6) is 3.96. The maximum atomic E-state index is 6.16. The van der Waals surface area contributed by atoms with Gasteiger partial charge in [0.05, 0.1) is 6.54 Å². The van der Waals surface area contributed by atoms with E-state index in [1.807, 2.05) is 18.3 Å². The lowest BCUT2D eigenvalue weighted by atomic mass is 9.89. The summed E-state index contributed by atoms with van der Waals surface area (Å²) in [7, 11) is 0. The number of pyridine rings is 1. The SMILES string of the molecule is CCNC(=NCc1ccnc(OC2CCC(C)CC2)c1)N1CCC(c2ncn[nH]2)CC1. The van der Waals surface area contributed by atoms with E-state index in [0.717, 1.165) is 74.5 Å². The lowest BCUT2D eigenvalue weighted by Crippen LogP contribution is -2.45. The third-order valence-corrected chi connectivity index (χ3v) is 6.41. The number of piperidine rings is 1. The smallest absolute Gasteiger partial charge is 0.213 e. The fourth-order valence-corrected chi connectivity index (χ4v) is 4.50. The van der Waals surface area contributed by atoms with Gasteiger partial charge in [0.1, 0.15) is 18.3 Å². The Morgan fingerprint density at radius 3 is 2.71 bits per heavy atom. The molecule has 0 bridgehead atoms. The monoisotopic (exact) mass is 425 g/mol. The highest BCUT2D eigenvalue weighted by Crippen LogP contribution is 2.27. The highest BCUT2D eigenvalue weighted by atomic mass is 16.5. The topological polar surface area (TPSA) is 91.3 Å². The number of likely N-dealkylation sites (tertiary alicyclic amines) is 1. The van der Waals surface area contributed by atoms with Crippen molar-refractivity contribution in [2.45, 2.75) is 70.9 Å². The highest BCUT2D eigenvalue weighted by Gasteiger charge is 2.24. The van der Waals surface area contributed by atoms with E-state index in [1.165, 1.54) is 12.8 Å². The number of guanidine groups is 1. The lowest BCUT2D eigenvalue weighted by molar-refractivity contribution is 0.130. The molecule has 8 heteroatoms. The quantitative estimate of drug-likeness (QED) is 0.544. The number of H-pyrrole nitrogens is 1. The van der Waals surface area contributed by atoms with Crippen molar-refractivity contribution in [2.24, 2.45) is 10.9 Å². The molecular weight excluding hydrogens is 390 g/mol. The number of nitrogens with one attached hydrogen (secondary N) is 2. The number of rotatable bonds is 6. The Bertz CT molecular complexity index is 822. The van der Waals surface area contributed by atoms with E-state index in [9.17, 15) is 0 Å². The number of aliphatic imine (C=N–C) groups is 1. The normalized spacial score (nSPS) is 23.0. The Morgan fingerprint density at radius 2 is 2.00 bits per heavy atom. The molecule has 1 saturated heterocycles. The van der Waals surface area contributed by atoms with Gasteiger partial charge in [0, 0.05) is 37.8 Å². The molecule has 31 heavy (non-hydrogen) atoms. The second-order valence-corrected chi connectivity index (χ2v) is 8.80. The molecule has 3 heterocycles. The molecule has 0 unspecified atom stereocenters. The summed E-state index contributed by atoms with van der Waals surface area (Å²) < 4.78 is 6.16. The first-order valence-corrected chi connectivity index (χ1v) is 11.7. The lowest BCUT2D eigenvalue weighted by Gasteiger charge is -2.33. The summed E-state index contributed by atoms with van der Waals surface area (Å²) in [6.45, 7) is 7.83. The zero-order valence-corrected chi connectivity index (χ0v) is 18.8. The van der Waals surface area contributed by atoms with Crippen molar-refractivity contribution in [3.05, 3.63) is 36.0 Å². The molecule has 168 valence electrons. The number of nitrogens with zero attached hydrogens (tertiary/aromatic N) is 5. The summed E-state index contributed by atoms with van der Waals surface area (Å²) in [4.78, 5) is 16.0. The molecule has 8 nitrogen and oxygen atoms in total. The Labute approximate surface area is 184 Å². The predicted octanol–water partition coefficient (Wildman–Crippen LogP) is 3.50. The fourth-order valence-electron chi connectivity index (χ4n) is 4.50. The van der Waals surface area contributed by atoms with Crippen LogP contribution in [0.1, 0.15) is 69.7 Å². The first kappa shape index (κ1) is 21.6. The summed E-state index contributed by atoms with van der Waals surface area (Å²) in [5, 5.41) is 10.5. The van der Waals surface area contributed by atoms with Crippen LogP contribution in [0, 0.1) is 5.92 Å². The van der Waals surface area contributed by atoms with Crippen LogP contribution in [-0.2, 0) is 6.54 Å². The van der Waals surface area contributed by atoms with Crippen LogP contribution in [0.2, 0.25) is 0 Å². The van der Waals surface area contributed by atoms with Crippen LogP contribution in [0.5, 0.6) is 5.88 Å². The van der Waals surface area contributed by atoms with Crippen molar-refractivity contribution in [2.75, 3.05) is 19.6 Å². The van der Waals surface area contributed by atoms with E-state index in [-0.39, 0.29) is 0 Å². The number of hydrogen-bond donors (Lipinski definition) is 2. The Hall–Kier alpha value is -2.64. The predicted molar refractivity (Wildman–Crippen MR) is 121 cm³/mol. The molecule has 2 aromatic rings. The Balaban J connectivity index is 1.34. The molecule has 0 atom stereocenters. The third kappa shape index (κ3) is 5.95. The molecule has 1 saturated carbocycles. The fraction of sp³-hybridized carbons (Fsp3) is 0.652. The maximum absolute atomic E-state index is 6.16. The van der Waals surface area contributed by atoms with E-state index in [0.29, 0.717) is 18.6 Å². The van der Waals surface area contributed by atoms with Crippen LogP contribution in [0.3, 0.4) is 0 Å². The van der Waals surface area contributed by atoms with E-state index in [4.69, 9.17) is 9.73 Å². The molecule has 0 amide bonds. The minimum Gasteiger partial charge on any atom is -0.474 e. The molecule has 1 aliphatic carbocycles. The van der Waals surface area contributed by atoms with Crippen LogP contribution in [-0.4, -0.2) is 56.8 Å². The summed E-state index contributed by atoms with van der Waals surface area (Å²) in [6, 6.07) is 4.07. The standard InChI is InChI=1S/C23H35N7O/c1-3-24-23(30-12-9-19(10-13-30)22-27-16-28-29-22)26-15-18-8-11-25-21(14-18)31-20-6-4-17(2)5-7-20/h8,11,14,16-17,19-20H,3-7,9-10,12-13,15H2,1-2H3,(H,24,26)(H,27,28,29). The molecule has 0 spiro atoms. The second-order valence-electron chi connectivity index (χ2n) is 8.80. The Morgan fingerprint density at radius 1 is 1.19 bits per heavy atom. The van der Waals surface area contributed by atoms with Crippen LogP contribution >= 0.6 is 0 Å². The molecule has 2 fully saturated rings. The first-order valence-electron chi connectivity index (χ1n) is 11.7. The maximum Gasteiger partial charge on any atom is 0.213 e. The van der Waals surface area contributed by atoms with Crippen molar-refractivity contribution in [3.63, 3.8) is 0 Å². The molecule has 0 aromatic carbocycles. The largest absolute Gasteiger partial charge is 0.474 e. The van der Waals surface area contributed by atoms with Gasteiger partial charge in [-0.3, -0.25) is 5.10 Å². The average molecular weight is 426 g/mol. The first-order chi connectivity index (χ1) is 15.2. The van der Waals surface area contributed by atoms with Crippen LogP contribution in [0.15, 0.2) is 29.6 Å². The summed E-state index contributed by atoms with van der Waals surface area (Å²) in [6.07, 6.45) is 10.6. The minimum absolute atomic E-state index is 0.297. The Kier molecular flexibility index (Phi) is 7.38. The van der Waals surface area contributed by atoms with Gasteiger partial charge in [0.15, 0.2) is 5.96 Å². The van der Waals surface area contributed by atoms with Gasteiger partial charge >= 0.3 is 0 Å². The minimum atomic E-state index is 0.297. The molecule has 2 aliphatic rings. The van der Waals surface area contributed by atoms with E-state index < -0.39 is 0 Å². The number of ether oxygens (including phenoxy) is 1. The molecule has 1 aliphatic heterocycles. The zero-order chi connectivity index (χ0) is 21.5.